The first-order chi connectivity index (χ1) is 18.5. The van der Waals surface area contributed by atoms with Crippen molar-refractivity contribution in [3.63, 3.8) is 0 Å². The van der Waals surface area contributed by atoms with Crippen LogP contribution in [0.15, 0.2) is 23.3 Å². The fraction of sp³-hybridized carbons (Fsp3) is 0.812. The summed E-state index contributed by atoms with van der Waals surface area (Å²) in [4.78, 5) is 23.6. The third-order valence-corrected chi connectivity index (χ3v) is 7.46. The van der Waals surface area contributed by atoms with Crippen molar-refractivity contribution in [3.8, 4) is 0 Å². The van der Waals surface area contributed by atoms with Crippen LogP contribution in [0.2, 0.25) is 0 Å². The Kier molecular flexibility index (Phi) is 18.2. The molecule has 0 aromatic carbocycles. The van der Waals surface area contributed by atoms with Crippen molar-refractivity contribution in [2.24, 2.45) is 0 Å². The van der Waals surface area contributed by atoms with E-state index in [1.54, 1.807) is 0 Å². The molecule has 38 heavy (non-hydrogen) atoms. The minimum absolute atomic E-state index is 0.0808. The zero-order valence-corrected chi connectivity index (χ0v) is 24.3. The van der Waals surface area contributed by atoms with Crippen LogP contribution in [0.3, 0.4) is 0 Å². The first-order valence-electron chi connectivity index (χ1n) is 15.4. The number of hydrogen-bond donors (Lipinski definition) is 0. The number of unbranched alkanes of at least 4 members (excludes halogenated alkanes) is 7. The average Bonchev–Trinajstić information content (AvgIpc) is 3.63. The second kappa shape index (κ2) is 21.2. The van der Waals surface area contributed by atoms with Gasteiger partial charge in [-0.05, 0) is 90.9 Å². The predicted molar refractivity (Wildman–Crippen MR) is 152 cm³/mol. The van der Waals surface area contributed by atoms with E-state index in [4.69, 9.17) is 18.9 Å². The number of rotatable bonds is 21. The maximum Gasteiger partial charge on any atom is 0.305 e. The lowest BCUT2D eigenvalue weighted by Crippen LogP contribution is -2.17. The summed E-state index contributed by atoms with van der Waals surface area (Å²) in [6, 6.07) is 0. The standard InChI is InChI=1S/C32H54O6/c1-27(15-7-3-5-9-21-31(33)37-25-29-19-13-23-35-29)17-11-12-18-28(2)16-8-4-6-10-22-32(34)38-26-30-20-14-24-36-30/h17-18,29-30H,3-16,19-26H2,1-2H3. The van der Waals surface area contributed by atoms with Gasteiger partial charge in [0.05, 0.1) is 12.2 Å². The molecule has 2 fully saturated rings. The zero-order chi connectivity index (χ0) is 27.3. The molecule has 0 spiro atoms. The van der Waals surface area contributed by atoms with Crippen molar-refractivity contribution in [1.29, 1.82) is 0 Å². The molecule has 0 bridgehead atoms. The van der Waals surface area contributed by atoms with E-state index in [1.807, 2.05) is 0 Å². The maximum absolute atomic E-state index is 11.8. The number of hydrogen-bond acceptors (Lipinski definition) is 6. The Balaban J connectivity index is 1.35. The highest BCUT2D eigenvalue weighted by Crippen LogP contribution is 2.16. The van der Waals surface area contributed by atoms with E-state index in [9.17, 15) is 9.59 Å². The van der Waals surface area contributed by atoms with Crippen LogP contribution in [0.4, 0.5) is 0 Å². The van der Waals surface area contributed by atoms with Crippen LogP contribution in [0.25, 0.3) is 0 Å². The molecule has 2 heterocycles. The minimum atomic E-state index is -0.0808. The molecular weight excluding hydrogens is 480 g/mol. The van der Waals surface area contributed by atoms with Gasteiger partial charge in [-0.1, -0.05) is 49.0 Å². The van der Waals surface area contributed by atoms with Gasteiger partial charge in [-0.25, -0.2) is 0 Å². The molecule has 6 nitrogen and oxygen atoms in total. The summed E-state index contributed by atoms with van der Waals surface area (Å²) in [6.07, 6.45) is 23.4. The van der Waals surface area contributed by atoms with E-state index in [0.717, 1.165) is 90.3 Å². The minimum Gasteiger partial charge on any atom is -0.463 e. The molecule has 2 aliphatic rings. The number of allylic oxidation sites excluding steroid dienone is 4. The topological polar surface area (TPSA) is 71.1 Å². The van der Waals surface area contributed by atoms with Gasteiger partial charge in [-0.2, -0.15) is 0 Å². The van der Waals surface area contributed by atoms with Gasteiger partial charge < -0.3 is 18.9 Å². The van der Waals surface area contributed by atoms with E-state index in [2.05, 4.69) is 26.0 Å². The van der Waals surface area contributed by atoms with Crippen molar-refractivity contribution in [2.75, 3.05) is 26.4 Å². The fourth-order valence-corrected chi connectivity index (χ4v) is 4.98. The monoisotopic (exact) mass is 534 g/mol. The van der Waals surface area contributed by atoms with Crippen molar-refractivity contribution >= 4 is 11.9 Å². The molecule has 0 N–H and O–H groups in total. The predicted octanol–water partition coefficient (Wildman–Crippen LogP) is 7.78. The molecular formula is C32H54O6. The molecule has 0 aliphatic carbocycles. The Morgan fingerprint density at radius 3 is 1.39 bits per heavy atom. The molecule has 0 aromatic heterocycles. The van der Waals surface area contributed by atoms with Crippen LogP contribution in [0.1, 0.15) is 129 Å². The maximum atomic E-state index is 11.8. The Morgan fingerprint density at radius 1 is 0.632 bits per heavy atom. The molecule has 0 saturated carbocycles. The van der Waals surface area contributed by atoms with Gasteiger partial charge in [0.2, 0.25) is 0 Å². The van der Waals surface area contributed by atoms with E-state index < -0.39 is 0 Å². The number of ether oxygens (including phenoxy) is 4. The number of esters is 2. The molecule has 218 valence electrons. The highest BCUT2D eigenvalue weighted by molar-refractivity contribution is 5.69. The second-order valence-corrected chi connectivity index (χ2v) is 11.1. The third kappa shape index (κ3) is 17.0. The second-order valence-electron chi connectivity index (χ2n) is 11.1. The van der Waals surface area contributed by atoms with Crippen molar-refractivity contribution in [1.82, 2.24) is 0 Å². The van der Waals surface area contributed by atoms with Crippen molar-refractivity contribution in [2.45, 2.75) is 142 Å². The lowest BCUT2D eigenvalue weighted by Gasteiger charge is -2.10. The van der Waals surface area contributed by atoms with E-state index in [-0.39, 0.29) is 24.1 Å². The summed E-state index contributed by atoms with van der Waals surface area (Å²) in [5.41, 5.74) is 2.95. The van der Waals surface area contributed by atoms with E-state index >= 15 is 0 Å². The molecule has 2 unspecified atom stereocenters. The van der Waals surface area contributed by atoms with E-state index in [0.29, 0.717) is 26.1 Å². The molecule has 2 saturated heterocycles. The Morgan fingerprint density at radius 2 is 1.03 bits per heavy atom. The molecule has 0 amide bonds. The highest BCUT2D eigenvalue weighted by atomic mass is 16.6. The van der Waals surface area contributed by atoms with Crippen LogP contribution >= 0.6 is 0 Å². The van der Waals surface area contributed by atoms with Crippen LogP contribution in [-0.2, 0) is 28.5 Å². The molecule has 6 heteroatoms. The summed E-state index contributed by atoms with van der Waals surface area (Å²) in [7, 11) is 0. The highest BCUT2D eigenvalue weighted by Gasteiger charge is 2.18. The lowest BCUT2D eigenvalue weighted by atomic mass is 10.0. The van der Waals surface area contributed by atoms with Crippen molar-refractivity contribution < 1.29 is 28.5 Å². The van der Waals surface area contributed by atoms with Crippen molar-refractivity contribution in [3.05, 3.63) is 23.3 Å². The normalized spacial score (nSPS) is 20.2. The molecule has 2 atom stereocenters. The largest absolute Gasteiger partial charge is 0.463 e. The van der Waals surface area contributed by atoms with Gasteiger partial charge in [0, 0.05) is 26.1 Å². The zero-order valence-electron chi connectivity index (χ0n) is 24.3. The molecule has 0 radical (unpaired) electrons. The fourth-order valence-electron chi connectivity index (χ4n) is 4.98. The van der Waals surface area contributed by atoms with E-state index in [1.165, 1.54) is 36.8 Å². The Bertz CT molecular complexity index is 641. The average molecular weight is 535 g/mol. The van der Waals surface area contributed by atoms with Gasteiger partial charge in [0.25, 0.3) is 0 Å². The van der Waals surface area contributed by atoms with Crippen LogP contribution in [-0.4, -0.2) is 50.6 Å². The third-order valence-electron chi connectivity index (χ3n) is 7.46. The molecule has 2 aliphatic heterocycles. The molecule has 2 rings (SSSR count). The number of carbonyl (C=O) groups is 2. The van der Waals surface area contributed by atoms with Gasteiger partial charge in [0.1, 0.15) is 13.2 Å². The van der Waals surface area contributed by atoms with Gasteiger partial charge >= 0.3 is 11.9 Å². The summed E-state index contributed by atoms with van der Waals surface area (Å²) >= 11 is 0. The van der Waals surface area contributed by atoms with Gasteiger partial charge in [-0.15, -0.1) is 0 Å². The SMILES string of the molecule is CC(=CCCC=C(C)CCCCCCC(=O)OCC1CCCO1)CCCCCCC(=O)OCC1CCCO1. The quantitative estimate of drug-likeness (QED) is 0.0850. The molecule has 0 aromatic rings. The van der Waals surface area contributed by atoms with Gasteiger partial charge in [-0.3, -0.25) is 9.59 Å². The smallest absolute Gasteiger partial charge is 0.305 e. The summed E-state index contributed by atoms with van der Waals surface area (Å²) in [6.45, 7) is 6.91. The van der Waals surface area contributed by atoms with Crippen LogP contribution in [0.5, 0.6) is 0 Å². The summed E-state index contributed by atoms with van der Waals surface area (Å²) in [5.74, 6) is -0.162. The summed E-state index contributed by atoms with van der Waals surface area (Å²) < 4.78 is 21.6. The van der Waals surface area contributed by atoms with Gasteiger partial charge in [0.15, 0.2) is 0 Å². The summed E-state index contributed by atoms with van der Waals surface area (Å²) in [5, 5.41) is 0. The number of carbonyl (C=O) groups excluding carboxylic acids is 2. The first kappa shape index (κ1) is 32.6. The lowest BCUT2D eigenvalue weighted by molar-refractivity contribution is -0.147. The Labute approximate surface area is 231 Å². The van der Waals surface area contributed by atoms with Crippen LogP contribution < -0.4 is 0 Å². The Hall–Kier alpha value is -1.66. The first-order valence-corrected chi connectivity index (χ1v) is 15.4. The van der Waals surface area contributed by atoms with Crippen LogP contribution in [0, 0.1) is 0 Å².